The molecule has 0 aliphatic heterocycles. The number of aromatic nitrogens is 2. The molecule has 2 unspecified atom stereocenters. The Bertz CT molecular complexity index is 715. The summed E-state index contributed by atoms with van der Waals surface area (Å²) in [5, 5.41) is 6.94. The second-order valence-electron chi connectivity index (χ2n) is 5.38. The fourth-order valence-electron chi connectivity index (χ4n) is 2.16. The zero-order valence-corrected chi connectivity index (χ0v) is 13.4. The average Bonchev–Trinajstić information content (AvgIpc) is 2.82. The molecule has 0 saturated heterocycles. The molecule has 0 fully saturated rings. The first-order valence-electron chi connectivity index (χ1n) is 7.20. The summed E-state index contributed by atoms with van der Waals surface area (Å²) in [4.78, 5) is 12.2. The molecule has 23 heavy (non-hydrogen) atoms. The van der Waals surface area contributed by atoms with E-state index in [0.29, 0.717) is 0 Å². The summed E-state index contributed by atoms with van der Waals surface area (Å²) in [5.41, 5.74) is 1.85. The van der Waals surface area contributed by atoms with Gasteiger partial charge in [0.25, 0.3) is 5.91 Å². The largest absolute Gasteiger partial charge is 0.481 e. The SMILES string of the molecule is Cc1c(C(C)NC(=O)C(C)Oc2ccc(F)c(F)c2)cnn1C. The lowest BCUT2D eigenvalue weighted by molar-refractivity contribution is -0.127. The number of ether oxygens (including phenoxy) is 1. The quantitative estimate of drug-likeness (QED) is 0.920. The van der Waals surface area contributed by atoms with E-state index in [4.69, 9.17) is 4.74 Å². The van der Waals surface area contributed by atoms with Crippen LogP contribution in [0.5, 0.6) is 5.75 Å². The standard InChI is InChI=1S/C16H19F2N3O2/c1-9(13-8-19-21(4)10(13)2)20-16(22)11(3)23-12-5-6-14(17)15(18)7-12/h5-9,11H,1-4H3,(H,20,22). The molecular formula is C16H19F2N3O2. The number of carbonyl (C=O) groups is 1. The summed E-state index contributed by atoms with van der Waals surface area (Å²) in [7, 11) is 1.82. The van der Waals surface area contributed by atoms with E-state index >= 15 is 0 Å². The Hall–Kier alpha value is -2.44. The van der Waals surface area contributed by atoms with Crippen molar-refractivity contribution in [2.75, 3.05) is 0 Å². The lowest BCUT2D eigenvalue weighted by atomic mass is 10.1. The Morgan fingerprint density at radius 3 is 2.57 bits per heavy atom. The summed E-state index contributed by atoms with van der Waals surface area (Å²) in [6.07, 6.45) is 0.848. The van der Waals surface area contributed by atoms with E-state index in [1.807, 2.05) is 20.9 Å². The molecule has 5 nitrogen and oxygen atoms in total. The van der Waals surface area contributed by atoms with Gasteiger partial charge >= 0.3 is 0 Å². The number of rotatable bonds is 5. The average molecular weight is 323 g/mol. The van der Waals surface area contributed by atoms with Crippen LogP contribution in [-0.4, -0.2) is 21.8 Å². The molecule has 1 aromatic heterocycles. The number of carbonyl (C=O) groups excluding carboxylic acids is 1. The van der Waals surface area contributed by atoms with Crippen molar-refractivity contribution >= 4 is 5.91 Å². The van der Waals surface area contributed by atoms with Crippen molar-refractivity contribution in [3.05, 3.63) is 47.3 Å². The lowest BCUT2D eigenvalue weighted by Crippen LogP contribution is -2.37. The van der Waals surface area contributed by atoms with Crippen LogP contribution < -0.4 is 10.1 Å². The molecule has 2 rings (SSSR count). The van der Waals surface area contributed by atoms with Gasteiger partial charge in [0, 0.05) is 24.4 Å². The monoisotopic (exact) mass is 323 g/mol. The zero-order chi connectivity index (χ0) is 17.1. The minimum Gasteiger partial charge on any atom is -0.481 e. The van der Waals surface area contributed by atoms with Gasteiger partial charge in [0.15, 0.2) is 17.7 Å². The number of hydrogen-bond acceptors (Lipinski definition) is 3. The van der Waals surface area contributed by atoms with Gasteiger partial charge in [-0.05, 0) is 32.9 Å². The fourth-order valence-corrected chi connectivity index (χ4v) is 2.16. The number of aryl methyl sites for hydroxylation is 1. The van der Waals surface area contributed by atoms with Crippen molar-refractivity contribution in [2.45, 2.75) is 32.9 Å². The summed E-state index contributed by atoms with van der Waals surface area (Å²) in [6.45, 7) is 5.29. The highest BCUT2D eigenvalue weighted by molar-refractivity contribution is 5.81. The minimum absolute atomic E-state index is 0.0942. The summed E-state index contributed by atoms with van der Waals surface area (Å²) in [6, 6.07) is 2.90. The van der Waals surface area contributed by atoms with E-state index in [9.17, 15) is 13.6 Å². The van der Waals surface area contributed by atoms with Gasteiger partial charge in [0.05, 0.1) is 12.2 Å². The Labute approximate surface area is 133 Å². The molecule has 0 bridgehead atoms. The third-order valence-corrected chi connectivity index (χ3v) is 3.67. The number of amides is 1. The second-order valence-corrected chi connectivity index (χ2v) is 5.38. The molecule has 1 heterocycles. The summed E-state index contributed by atoms with van der Waals surface area (Å²) >= 11 is 0. The van der Waals surface area contributed by atoms with E-state index in [1.165, 1.54) is 6.07 Å². The van der Waals surface area contributed by atoms with Crippen molar-refractivity contribution in [3.8, 4) is 5.75 Å². The lowest BCUT2D eigenvalue weighted by Gasteiger charge is -2.18. The Morgan fingerprint density at radius 1 is 1.30 bits per heavy atom. The number of benzene rings is 1. The molecule has 1 aromatic carbocycles. The first-order chi connectivity index (χ1) is 10.8. The van der Waals surface area contributed by atoms with Crippen LogP contribution in [0, 0.1) is 18.6 Å². The highest BCUT2D eigenvalue weighted by Crippen LogP contribution is 2.18. The summed E-state index contributed by atoms with van der Waals surface area (Å²) < 4.78 is 33.1. The molecule has 2 aromatic rings. The van der Waals surface area contributed by atoms with Gasteiger partial charge in [-0.25, -0.2) is 8.78 Å². The van der Waals surface area contributed by atoms with Gasteiger partial charge in [-0.3, -0.25) is 9.48 Å². The van der Waals surface area contributed by atoms with E-state index in [-0.39, 0.29) is 17.7 Å². The Kier molecular flexibility index (Phi) is 4.98. The third-order valence-electron chi connectivity index (χ3n) is 3.67. The van der Waals surface area contributed by atoms with Crippen LogP contribution in [-0.2, 0) is 11.8 Å². The predicted octanol–water partition coefficient (Wildman–Crippen LogP) is 2.65. The van der Waals surface area contributed by atoms with Crippen LogP contribution in [0.1, 0.15) is 31.1 Å². The topological polar surface area (TPSA) is 56.1 Å². The zero-order valence-electron chi connectivity index (χ0n) is 13.4. The van der Waals surface area contributed by atoms with Crippen LogP contribution >= 0.6 is 0 Å². The van der Waals surface area contributed by atoms with Crippen molar-refractivity contribution in [1.29, 1.82) is 0 Å². The molecule has 2 atom stereocenters. The van der Waals surface area contributed by atoms with Crippen molar-refractivity contribution in [1.82, 2.24) is 15.1 Å². The normalized spacial score (nSPS) is 13.5. The third kappa shape index (κ3) is 3.85. The summed E-state index contributed by atoms with van der Waals surface area (Å²) in [5.74, 6) is -2.24. The maximum Gasteiger partial charge on any atom is 0.261 e. The van der Waals surface area contributed by atoms with Crippen LogP contribution in [0.15, 0.2) is 24.4 Å². The van der Waals surface area contributed by atoms with E-state index in [2.05, 4.69) is 10.4 Å². The second kappa shape index (κ2) is 6.76. The number of nitrogens with one attached hydrogen (secondary N) is 1. The van der Waals surface area contributed by atoms with Crippen LogP contribution in [0.25, 0.3) is 0 Å². The maximum absolute atomic E-state index is 13.1. The molecule has 1 N–H and O–H groups in total. The predicted molar refractivity (Wildman–Crippen MR) is 81.0 cm³/mol. The molecule has 0 saturated carbocycles. The molecule has 7 heteroatoms. The van der Waals surface area contributed by atoms with Gasteiger partial charge < -0.3 is 10.1 Å². The highest BCUT2D eigenvalue weighted by atomic mass is 19.2. The van der Waals surface area contributed by atoms with Crippen LogP contribution in [0.2, 0.25) is 0 Å². The van der Waals surface area contributed by atoms with Gasteiger partial charge in [-0.15, -0.1) is 0 Å². The highest BCUT2D eigenvalue weighted by Gasteiger charge is 2.20. The van der Waals surface area contributed by atoms with E-state index < -0.39 is 17.7 Å². The molecule has 0 radical (unpaired) electrons. The molecular weight excluding hydrogens is 304 g/mol. The molecule has 0 aliphatic carbocycles. The van der Waals surface area contributed by atoms with Crippen molar-refractivity contribution in [3.63, 3.8) is 0 Å². The molecule has 0 aliphatic rings. The first kappa shape index (κ1) is 16.9. The molecule has 124 valence electrons. The first-order valence-corrected chi connectivity index (χ1v) is 7.20. The van der Waals surface area contributed by atoms with Gasteiger partial charge in [0.2, 0.25) is 0 Å². The fraction of sp³-hybridized carbons (Fsp3) is 0.375. The molecule has 1 amide bonds. The van der Waals surface area contributed by atoms with E-state index in [0.717, 1.165) is 23.4 Å². The Morgan fingerprint density at radius 2 is 2.00 bits per heavy atom. The van der Waals surface area contributed by atoms with E-state index in [1.54, 1.807) is 17.8 Å². The smallest absolute Gasteiger partial charge is 0.261 e. The van der Waals surface area contributed by atoms with Gasteiger partial charge in [-0.2, -0.15) is 5.10 Å². The number of halogens is 2. The van der Waals surface area contributed by atoms with Gasteiger partial charge in [0.1, 0.15) is 5.75 Å². The Balaban J connectivity index is 1.99. The number of hydrogen-bond donors (Lipinski definition) is 1. The minimum atomic E-state index is -1.02. The van der Waals surface area contributed by atoms with Gasteiger partial charge in [-0.1, -0.05) is 0 Å². The number of nitrogens with zero attached hydrogens (tertiary/aromatic N) is 2. The van der Waals surface area contributed by atoms with Crippen molar-refractivity contribution in [2.24, 2.45) is 7.05 Å². The molecule has 0 spiro atoms. The van der Waals surface area contributed by atoms with Crippen LogP contribution in [0.3, 0.4) is 0 Å². The van der Waals surface area contributed by atoms with Crippen LogP contribution in [0.4, 0.5) is 8.78 Å². The maximum atomic E-state index is 13.1. The van der Waals surface area contributed by atoms with Crippen molar-refractivity contribution < 1.29 is 18.3 Å².